The summed E-state index contributed by atoms with van der Waals surface area (Å²) in [5.74, 6) is 0.678. The van der Waals surface area contributed by atoms with E-state index in [-0.39, 0.29) is 0 Å². The van der Waals surface area contributed by atoms with Crippen LogP contribution in [0.2, 0.25) is 0 Å². The Balaban J connectivity index is 3.22. The Morgan fingerprint density at radius 3 is 2.92 bits per heavy atom. The SMILES string of the molecule is C=Nc1c(C(=C)Cl)ncn1CC. The van der Waals surface area contributed by atoms with Crippen LogP contribution in [0.5, 0.6) is 0 Å². The highest BCUT2D eigenvalue weighted by molar-refractivity contribution is 6.48. The molecular weight excluding hydrogens is 174 g/mol. The minimum Gasteiger partial charge on any atom is -0.316 e. The molecule has 1 aromatic heterocycles. The summed E-state index contributed by atoms with van der Waals surface area (Å²) < 4.78 is 1.86. The monoisotopic (exact) mass is 183 g/mol. The summed E-state index contributed by atoms with van der Waals surface area (Å²) in [5.41, 5.74) is 0.605. The summed E-state index contributed by atoms with van der Waals surface area (Å²) in [4.78, 5) is 7.88. The highest BCUT2D eigenvalue weighted by atomic mass is 35.5. The third kappa shape index (κ3) is 1.41. The van der Waals surface area contributed by atoms with Gasteiger partial charge in [0.15, 0.2) is 5.82 Å². The topological polar surface area (TPSA) is 30.2 Å². The Bertz CT molecular complexity index is 314. The van der Waals surface area contributed by atoms with E-state index in [1.54, 1.807) is 6.33 Å². The van der Waals surface area contributed by atoms with Crippen molar-refractivity contribution in [3.05, 3.63) is 18.6 Å². The molecule has 0 saturated heterocycles. The molecule has 0 atom stereocenters. The van der Waals surface area contributed by atoms with Gasteiger partial charge in [-0.1, -0.05) is 18.2 Å². The second kappa shape index (κ2) is 3.54. The zero-order chi connectivity index (χ0) is 9.14. The molecule has 0 unspecified atom stereocenters. The van der Waals surface area contributed by atoms with Gasteiger partial charge in [0.1, 0.15) is 5.69 Å². The molecule has 1 heterocycles. The van der Waals surface area contributed by atoms with Gasteiger partial charge in [-0.3, -0.25) is 0 Å². The third-order valence-corrected chi connectivity index (χ3v) is 1.74. The Labute approximate surface area is 76.4 Å². The van der Waals surface area contributed by atoms with Crippen molar-refractivity contribution in [2.24, 2.45) is 4.99 Å². The molecule has 1 aromatic rings. The van der Waals surface area contributed by atoms with Gasteiger partial charge < -0.3 is 4.57 Å². The standard InChI is InChI=1S/C8H10ClN3/c1-4-12-5-11-7(6(2)9)8(12)10-3/h5H,2-4H2,1H3. The minimum absolute atomic E-state index is 0.393. The number of aromatic nitrogens is 2. The molecule has 0 N–H and O–H groups in total. The van der Waals surface area contributed by atoms with Crippen LogP contribution in [0.25, 0.3) is 5.03 Å². The van der Waals surface area contributed by atoms with Crippen molar-refractivity contribution >= 4 is 29.2 Å². The molecule has 1 rings (SSSR count). The van der Waals surface area contributed by atoms with Crippen LogP contribution in [0.1, 0.15) is 12.6 Å². The molecule has 0 saturated carbocycles. The maximum Gasteiger partial charge on any atom is 0.160 e. The molecule has 0 spiro atoms. The van der Waals surface area contributed by atoms with Crippen LogP contribution in [0.4, 0.5) is 5.82 Å². The molecule has 0 aromatic carbocycles. The van der Waals surface area contributed by atoms with Crippen molar-refractivity contribution in [2.75, 3.05) is 0 Å². The van der Waals surface area contributed by atoms with Crippen molar-refractivity contribution in [2.45, 2.75) is 13.5 Å². The van der Waals surface area contributed by atoms with Crippen LogP contribution in [0.3, 0.4) is 0 Å². The van der Waals surface area contributed by atoms with Gasteiger partial charge in [0.2, 0.25) is 0 Å². The lowest BCUT2D eigenvalue weighted by Gasteiger charge is -1.99. The van der Waals surface area contributed by atoms with Crippen LogP contribution in [0.15, 0.2) is 17.9 Å². The van der Waals surface area contributed by atoms with Crippen molar-refractivity contribution in [3.8, 4) is 0 Å². The highest BCUT2D eigenvalue weighted by Crippen LogP contribution is 2.25. The van der Waals surface area contributed by atoms with E-state index in [1.807, 2.05) is 11.5 Å². The van der Waals surface area contributed by atoms with Crippen LogP contribution in [-0.2, 0) is 6.54 Å². The maximum atomic E-state index is 5.70. The Morgan fingerprint density at radius 2 is 2.50 bits per heavy atom. The van der Waals surface area contributed by atoms with E-state index in [1.165, 1.54) is 0 Å². The molecule has 0 radical (unpaired) electrons. The Hall–Kier alpha value is -1.09. The van der Waals surface area contributed by atoms with Gasteiger partial charge in [-0.2, -0.15) is 0 Å². The van der Waals surface area contributed by atoms with Crippen molar-refractivity contribution in [3.63, 3.8) is 0 Å². The van der Waals surface area contributed by atoms with Crippen LogP contribution < -0.4 is 0 Å². The third-order valence-electron chi connectivity index (χ3n) is 1.56. The fraction of sp³-hybridized carbons (Fsp3) is 0.250. The Kier molecular flexibility index (Phi) is 2.65. The van der Waals surface area contributed by atoms with Gasteiger partial charge in [-0.15, -0.1) is 0 Å². The molecule has 0 aliphatic carbocycles. The maximum absolute atomic E-state index is 5.70. The number of hydrogen-bond acceptors (Lipinski definition) is 2. The molecule has 64 valence electrons. The van der Waals surface area contributed by atoms with Crippen molar-refractivity contribution in [1.82, 2.24) is 9.55 Å². The second-order valence-electron chi connectivity index (χ2n) is 2.27. The van der Waals surface area contributed by atoms with Crippen molar-refractivity contribution < 1.29 is 0 Å². The number of aryl methyl sites for hydroxylation is 1. The summed E-state index contributed by atoms with van der Waals surface area (Å²) in [7, 11) is 0. The first-order valence-electron chi connectivity index (χ1n) is 3.57. The summed E-state index contributed by atoms with van der Waals surface area (Å²) in [5, 5.41) is 0.393. The molecule has 0 fully saturated rings. The number of imidazole rings is 1. The molecule has 0 bridgehead atoms. The molecule has 3 nitrogen and oxygen atoms in total. The van der Waals surface area contributed by atoms with E-state index >= 15 is 0 Å². The Morgan fingerprint density at radius 1 is 1.83 bits per heavy atom. The fourth-order valence-electron chi connectivity index (χ4n) is 0.964. The van der Waals surface area contributed by atoms with E-state index in [9.17, 15) is 0 Å². The average Bonchev–Trinajstić information content (AvgIpc) is 2.46. The van der Waals surface area contributed by atoms with Gasteiger partial charge in [-0.25, -0.2) is 9.98 Å². The van der Waals surface area contributed by atoms with Gasteiger partial charge in [0.05, 0.1) is 11.4 Å². The normalized spacial score (nSPS) is 9.83. The molecule has 4 heteroatoms. The van der Waals surface area contributed by atoms with Crippen LogP contribution in [0, 0.1) is 0 Å². The highest BCUT2D eigenvalue weighted by Gasteiger charge is 2.09. The largest absolute Gasteiger partial charge is 0.316 e. The zero-order valence-corrected chi connectivity index (χ0v) is 7.67. The molecular formula is C8H10ClN3. The lowest BCUT2D eigenvalue weighted by atomic mass is 10.4. The predicted octanol–water partition coefficient (Wildman–Crippen LogP) is 2.44. The summed E-state index contributed by atoms with van der Waals surface area (Å²) in [6.07, 6.45) is 1.67. The lowest BCUT2D eigenvalue weighted by molar-refractivity contribution is 0.765. The van der Waals surface area contributed by atoms with E-state index in [0.717, 1.165) is 6.54 Å². The van der Waals surface area contributed by atoms with Crippen LogP contribution in [-0.4, -0.2) is 16.3 Å². The lowest BCUT2D eigenvalue weighted by Crippen LogP contribution is -1.90. The van der Waals surface area contributed by atoms with Crippen molar-refractivity contribution in [1.29, 1.82) is 0 Å². The second-order valence-corrected chi connectivity index (χ2v) is 2.72. The number of halogens is 1. The number of hydrogen-bond donors (Lipinski definition) is 0. The molecule has 0 aliphatic heterocycles. The first-order valence-corrected chi connectivity index (χ1v) is 3.95. The number of aliphatic imine (C=N–C) groups is 1. The van der Waals surface area contributed by atoms with Gasteiger partial charge >= 0.3 is 0 Å². The van der Waals surface area contributed by atoms with Gasteiger partial charge in [0, 0.05) is 6.54 Å². The van der Waals surface area contributed by atoms with E-state index in [4.69, 9.17) is 11.6 Å². The number of nitrogens with zero attached hydrogens (tertiary/aromatic N) is 3. The van der Waals surface area contributed by atoms with E-state index in [0.29, 0.717) is 16.5 Å². The average molecular weight is 184 g/mol. The quantitative estimate of drug-likeness (QED) is 0.662. The van der Waals surface area contributed by atoms with Crippen LogP contribution >= 0.6 is 11.6 Å². The number of rotatable bonds is 3. The zero-order valence-electron chi connectivity index (χ0n) is 6.92. The first kappa shape index (κ1) is 9.00. The van der Waals surface area contributed by atoms with Gasteiger partial charge in [0.25, 0.3) is 0 Å². The molecule has 12 heavy (non-hydrogen) atoms. The summed E-state index contributed by atoms with van der Waals surface area (Å²) >= 11 is 5.70. The minimum atomic E-state index is 0.393. The molecule has 0 amide bonds. The summed E-state index contributed by atoms with van der Waals surface area (Å²) in [6, 6.07) is 0. The van der Waals surface area contributed by atoms with E-state index < -0.39 is 0 Å². The first-order chi connectivity index (χ1) is 5.70. The fourth-order valence-corrected chi connectivity index (χ4v) is 1.10. The van der Waals surface area contributed by atoms with Gasteiger partial charge in [-0.05, 0) is 13.6 Å². The summed E-state index contributed by atoms with van der Waals surface area (Å²) in [6.45, 7) is 9.82. The smallest absolute Gasteiger partial charge is 0.160 e. The molecule has 0 aliphatic rings. The predicted molar refractivity (Wildman–Crippen MR) is 52.0 cm³/mol. The van der Waals surface area contributed by atoms with E-state index in [2.05, 4.69) is 23.3 Å².